The summed E-state index contributed by atoms with van der Waals surface area (Å²) in [6.45, 7) is 13.4. The summed E-state index contributed by atoms with van der Waals surface area (Å²) in [6.07, 6.45) is 5.67. The molecule has 0 radical (unpaired) electrons. The van der Waals surface area contributed by atoms with Crippen molar-refractivity contribution < 1.29 is 71.2 Å². The van der Waals surface area contributed by atoms with Crippen molar-refractivity contribution in [1.29, 1.82) is 0 Å². The highest BCUT2D eigenvalue weighted by atomic mass is 16.6. The van der Waals surface area contributed by atoms with Crippen LogP contribution in [0.4, 0.5) is 4.79 Å². The summed E-state index contributed by atoms with van der Waals surface area (Å²) >= 11 is 0. The normalized spacial score (nSPS) is 12.1. The fraction of sp³-hybridized carbons (Fsp3) is 0.708. The summed E-state index contributed by atoms with van der Waals surface area (Å²) in [5.41, 5.74) is 4.79. The van der Waals surface area contributed by atoms with Gasteiger partial charge in [-0.25, -0.2) is 4.79 Å². The van der Waals surface area contributed by atoms with E-state index in [1.54, 1.807) is 7.05 Å². The number of nitrogens with zero attached hydrogens (tertiary/aromatic N) is 1. The Labute approximate surface area is 381 Å². The van der Waals surface area contributed by atoms with Crippen molar-refractivity contribution in [1.82, 2.24) is 4.90 Å². The van der Waals surface area contributed by atoms with Gasteiger partial charge in [0.1, 0.15) is 13.2 Å². The first-order chi connectivity index (χ1) is 31.6. The largest absolute Gasteiger partial charge is 0.463 e. The van der Waals surface area contributed by atoms with E-state index >= 15 is 0 Å². The Morgan fingerprint density at radius 1 is 0.438 bits per heavy atom. The van der Waals surface area contributed by atoms with Crippen LogP contribution in [0.25, 0.3) is 11.1 Å². The lowest BCUT2D eigenvalue weighted by atomic mass is 9.98. The number of esters is 1. The molecule has 0 bridgehead atoms. The first-order valence-corrected chi connectivity index (χ1v) is 23.2. The predicted octanol–water partition coefficient (Wildman–Crippen LogP) is 5.95. The van der Waals surface area contributed by atoms with Crippen LogP contribution in [0.15, 0.2) is 48.5 Å². The third-order valence-corrected chi connectivity index (χ3v) is 9.91. The second-order valence-corrected chi connectivity index (χ2v) is 14.8. The van der Waals surface area contributed by atoms with Gasteiger partial charge < -0.3 is 66.5 Å². The standard InChI is InChI=1S/C48H77NO15/c1-3-4-5-6-7-16-47(50)63-40-39-62-38-37-61-36-35-60-34-33-59-32-31-58-30-29-57-28-27-56-26-25-55-24-23-54-22-21-53-20-19-52-18-17-49(2)48(51)64-41-46-44-14-10-8-12-42(44)43-13-9-11-15-45(43)46/h8-15,46H,3-7,16-41H2,1-2H3. The van der Waals surface area contributed by atoms with Gasteiger partial charge >= 0.3 is 12.1 Å². The number of carbonyl (C=O) groups excluding carboxylic acids is 2. The fourth-order valence-corrected chi connectivity index (χ4v) is 6.46. The first kappa shape index (κ1) is 55.1. The third kappa shape index (κ3) is 26.6. The quantitative estimate of drug-likeness (QED) is 0.0567. The Hall–Kier alpha value is -3.26. The molecule has 64 heavy (non-hydrogen) atoms. The van der Waals surface area contributed by atoms with Gasteiger partial charge in [-0.15, -0.1) is 0 Å². The minimum absolute atomic E-state index is 0.0339. The van der Waals surface area contributed by atoms with Crippen LogP contribution >= 0.6 is 0 Å². The zero-order valence-electron chi connectivity index (χ0n) is 38.7. The van der Waals surface area contributed by atoms with Crippen LogP contribution in [0.3, 0.4) is 0 Å². The SMILES string of the molecule is CCCCCCCC(=O)OCCOCCOCCOCCOCCOCCOCCOCCOCCOCCOCCOCCN(C)C(=O)OCC1c2ccccc2-c2ccccc21. The third-order valence-electron chi connectivity index (χ3n) is 9.91. The van der Waals surface area contributed by atoms with Crippen molar-refractivity contribution in [3.8, 4) is 11.1 Å². The lowest BCUT2D eigenvalue weighted by Gasteiger charge is -2.19. The van der Waals surface area contributed by atoms with E-state index in [0.29, 0.717) is 165 Å². The van der Waals surface area contributed by atoms with E-state index in [-0.39, 0.29) is 24.6 Å². The molecule has 0 aromatic heterocycles. The van der Waals surface area contributed by atoms with Gasteiger partial charge in [0.15, 0.2) is 0 Å². The average molecular weight is 908 g/mol. The molecule has 0 unspecified atom stereocenters. The topological polar surface area (TPSA) is 157 Å². The molecule has 364 valence electrons. The maximum Gasteiger partial charge on any atom is 0.409 e. The number of likely N-dealkylation sites (N-methyl/N-ethyl adjacent to an activating group) is 1. The van der Waals surface area contributed by atoms with Crippen LogP contribution in [0, 0.1) is 0 Å². The van der Waals surface area contributed by atoms with Crippen molar-refractivity contribution in [3.63, 3.8) is 0 Å². The van der Waals surface area contributed by atoms with Crippen molar-refractivity contribution in [2.75, 3.05) is 172 Å². The van der Waals surface area contributed by atoms with Gasteiger partial charge in [-0.3, -0.25) is 4.79 Å². The molecule has 2 aromatic rings. The smallest absolute Gasteiger partial charge is 0.409 e. The van der Waals surface area contributed by atoms with Crippen LogP contribution in [0.2, 0.25) is 0 Å². The van der Waals surface area contributed by atoms with Gasteiger partial charge in [0, 0.05) is 25.9 Å². The van der Waals surface area contributed by atoms with Crippen molar-refractivity contribution in [3.05, 3.63) is 59.7 Å². The molecule has 0 atom stereocenters. The number of amides is 1. The molecule has 16 nitrogen and oxygen atoms in total. The molecule has 0 saturated carbocycles. The van der Waals surface area contributed by atoms with E-state index in [9.17, 15) is 9.59 Å². The van der Waals surface area contributed by atoms with Gasteiger partial charge in [-0.05, 0) is 28.7 Å². The monoisotopic (exact) mass is 908 g/mol. The summed E-state index contributed by atoms with van der Waals surface area (Å²) in [6, 6.07) is 16.6. The Bertz CT molecular complexity index is 1390. The van der Waals surface area contributed by atoms with E-state index in [4.69, 9.17) is 61.6 Å². The molecule has 0 N–H and O–H groups in total. The molecule has 0 spiro atoms. The number of hydrogen-bond donors (Lipinski definition) is 0. The van der Waals surface area contributed by atoms with Gasteiger partial charge in [-0.1, -0.05) is 81.1 Å². The second-order valence-electron chi connectivity index (χ2n) is 14.8. The average Bonchev–Trinajstić information content (AvgIpc) is 3.63. The summed E-state index contributed by atoms with van der Waals surface area (Å²) in [5.74, 6) is -0.118. The Morgan fingerprint density at radius 3 is 1.17 bits per heavy atom. The number of benzene rings is 2. The lowest BCUT2D eigenvalue weighted by molar-refractivity contribution is -0.145. The number of ether oxygens (including phenoxy) is 13. The first-order valence-electron chi connectivity index (χ1n) is 23.2. The zero-order valence-corrected chi connectivity index (χ0v) is 38.7. The molecule has 0 heterocycles. The lowest BCUT2D eigenvalue weighted by Crippen LogP contribution is -2.32. The number of unbranched alkanes of at least 4 members (excludes halogenated alkanes) is 4. The van der Waals surface area contributed by atoms with E-state index < -0.39 is 0 Å². The summed E-state index contributed by atoms with van der Waals surface area (Å²) < 4.78 is 71.5. The molecule has 0 fully saturated rings. The Morgan fingerprint density at radius 2 is 0.781 bits per heavy atom. The van der Waals surface area contributed by atoms with Crippen LogP contribution in [-0.2, 0) is 66.4 Å². The van der Waals surface area contributed by atoms with Crippen LogP contribution in [-0.4, -0.2) is 189 Å². The molecule has 0 aliphatic heterocycles. The zero-order chi connectivity index (χ0) is 45.4. The summed E-state index contributed by atoms with van der Waals surface area (Å²) in [4.78, 5) is 25.8. The van der Waals surface area contributed by atoms with Gasteiger partial charge in [0.2, 0.25) is 0 Å². The van der Waals surface area contributed by atoms with E-state index in [2.05, 4.69) is 31.2 Å². The molecule has 1 aliphatic carbocycles. The molecular weight excluding hydrogens is 831 g/mol. The van der Waals surface area contributed by atoms with Gasteiger partial charge in [-0.2, -0.15) is 0 Å². The maximum absolute atomic E-state index is 12.6. The number of rotatable bonds is 44. The molecular formula is C48H77NO15. The molecule has 1 amide bonds. The summed E-state index contributed by atoms with van der Waals surface area (Å²) in [7, 11) is 1.71. The molecule has 0 saturated heterocycles. The fourth-order valence-electron chi connectivity index (χ4n) is 6.46. The minimum Gasteiger partial charge on any atom is -0.463 e. The van der Waals surface area contributed by atoms with E-state index in [0.717, 1.165) is 12.8 Å². The highest BCUT2D eigenvalue weighted by Crippen LogP contribution is 2.44. The maximum atomic E-state index is 12.6. The highest BCUT2D eigenvalue weighted by molar-refractivity contribution is 5.79. The molecule has 1 aliphatic rings. The highest BCUT2D eigenvalue weighted by Gasteiger charge is 2.29. The van der Waals surface area contributed by atoms with Crippen molar-refractivity contribution in [2.24, 2.45) is 0 Å². The Balaban J connectivity index is 0.931. The van der Waals surface area contributed by atoms with Crippen LogP contribution in [0.5, 0.6) is 0 Å². The molecule has 2 aromatic carbocycles. The predicted molar refractivity (Wildman–Crippen MR) is 241 cm³/mol. The minimum atomic E-state index is -0.368. The number of carbonyl (C=O) groups is 2. The summed E-state index contributed by atoms with van der Waals surface area (Å²) in [5, 5.41) is 0. The van der Waals surface area contributed by atoms with E-state index in [1.807, 2.05) is 24.3 Å². The van der Waals surface area contributed by atoms with Crippen LogP contribution < -0.4 is 0 Å². The van der Waals surface area contributed by atoms with Crippen molar-refractivity contribution >= 4 is 12.1 Å². The van der Waals surface area contributed by atoms with Gasteiger partial charge in [0.25, 0.3) is 0 Å². The molecule has 3 rings (SSSR count). The second kappa shape index (κ2) is 39.0. The number of hydrogen-bond acceptors (Lipinski definition) is 15. The van der Waals surface area contributed by atoms with E-state index in [1.165, 1.54) is 46.4 Å². The molecule has 16 heteroatoms. The Kier molecular flexibility index (Phi) is 33.5. The van der Waals surface area contributed by atoms with Crippen molar-refractivity contribution in [2.45, 2.75) is 51.4 Å². The van der Waals surface area contributed by atoms with Crippen LogP contribution in [0.1, 0.15) is 62.5 Å². The van der Waals surface area contributed by atoms with Gasteiger partial charge in [0.05, 0.1) is 145 Å². The number of fused-ring (bicyclic) bond motifs is 3.